The Balaban J connectivity index is 2.55. The van der Waals surface area contributed by atoms with Gasteiger partial charge < -0.3 is 5.32 Å². The fourth-order valence-corrected chi connectivity index (χ4v) is 1.27. The van der Waals surface area contributed by atoms with E-state index in [1.165, 1.54) is 17.7 Å². The van der Waals surface area contributed by atoms with Gasteiger partial charge in [0.15, 0.2) is 0 Å². The molecule has 0 radical (unpaired) electrons. The van der Waals surface area contributed by atoms with E-state index in [4.69, 9.17) is 11.6 Å². The van der Waals surface area contributed by atoms with Gasteiger partial charge in [0.05, 0.1) is 0 Å². The van der Waals surface area contributed by atoms with Crippen LogP contribution in [0.4, 0.5) is 4.39 Å². The van der Waals surface area contributed by atoms with Crippen LogP contribution in [0.5, 0.6) is 0 Å². The zero-order chi connectivity index (χ0) is 10.4. The van der Waals surface area contributed by atoms with E-state index in [1.807, 2.05) is 13.0 Å². The molecule has 0 heterocycles. The highest BCUT2D eigenvalue weighted by Gasteiger charge is 2.03. The van der Waals surface area contributed by atoms with Gasteiger partial charge in [-0.05, 0) is 24.6 Å². The molecular weight excluding hydrogens is 201 g/mol. The Morgan fingerprint density at radius 2 is 2.36 bits per heavy atom. The summed E-state index contributed by atoms with van der Waals surface area (Å²) in [4.78, 5) is 0. The van der Waals surface area contributed by atoms with Crippen molar-refractivity contribution in [3.63, 3.8) is 0 Å². The van der Waals surface area contributed by atoms with Crippen molar-refractivity contribution >= 4 is 11.6 Å². The zero-order valence-corrected chi connectivity index (χ0v) is 8.76. The van der Waals surface area contributed by atoms with Crippen molar-refractivity contribution in [2.75, 3.05) is 6.54 Å². The highest BCUT2D eigenvalue weighted by molar-refractivity contribution is 6.25. The minimum Gasteiger partial charge on any atom is -0.307 e. The Labute approximate surface area is 88.6 Å². The van der Waals surface area contributed by atoms with Crippen molar-refractivity contribution in [2.24, 2.45) is 0 Å². The van der Waals surface area contributed by atoms with Crippen LogP contribution in [-0.2, 0) is 0 Å². The number of benzene rings is 1. The molecule has 1 rings (SSSR count). The van der Waals surface area contributed by atoms with Crippen LogP contribution in [0.2, 0.25) is 0 Å². The van der Waals surface area contributed by atoms with E-state index < -0.39 is 0 Å². The van der Waals surface area contributed by atoms with Crippen molar-refractivity contribution in [3.8, 4) is 0 Å². The molecule has 0 aliphatic heterocycles. The van der Waals surface area contributed by atoms with Gasteiger partial charge in [-0.2, -0.15) is 0 Å². The maximum atomic E-state index is 12.9. The summed E-state index contributed by atoms with van der Waals surface area (Å²) in [5.41, 5.74) is 2.40. The Morgan fingerprint density at radius 3 is 3.00 bits per heavy atom. The predicted molar refractivity (Wildman–Crippen MR) is 57.8 cm³/mol. The quantitative estimate of drug-likeness (QED) is 0.810. The zero-order valence-electron chi connectivity index (χ0n) is 8.00. The lowest BCUT2D eigenvalue weighted by Gasteiger charge is -2.12. The molecule has 0 spiro atoms. The van der Waals surface area contributed by atoms with Crippen molar-refractivity contribution in [3.05, 3.63) is 47.3 Å². The molecule has 1 aromatic rings. The lowest BCUT2D eigenvalue weighted by Crippen LogP contribution is -2.18. The minimum atomic E-state index is -0.205. The molecule has 0 aliphatic carbocycles. The molecule has 0 bridgehead atoms. The Morgan fingerprint density at radius 1 is 1.57 bits per heavy atom. The second kappa shape index (κ2) is 5.78. The number of rotatable bonds is 4. The van der Waals surface area contributed by atoms with Gasteiger partial charge in [0, 0.05) is 18.1 Å². The molecule has 0 saturated carbocycles. The van der Waals surface area contributed by atoms with Crippen LogP contribution in [0.1, 0.15) is 18.5 Å². The average molecular weight is 214 g/mol. The smallest absolute Gasteiger partial charge is 0.123 e. The van der Waals surface area contributed by atoms with E-state index in [9.17, 15) is 4.39 Å². The highest BCUT2D eigenvalue weighted by Crippen LogP contribution is 2.12. The van der Waals surface area contributed by atoms with Gasteiger partial charge in [-0.1, -0.05) is 29.8 Å². The fraction of sp³-hybridized carbons (Fsp3) is 0.273. The van der Waals surface area contributed by atoms with Crippen LogP contribution < -0.4 is 5.32 Å². The normalized spacial score (nSPS) is 13.4. The van der Waals surface area contributed by atoms with Gasteiger partial charge in [0.2, 0.25) is 0 Å². The summed E-state index contributed by atoms with van der Waals surface area (Å²) in [5, 5.41) is 3.19. The Kier molecular flexibility index (Phi) is 4.63. The summed E-state index contributed by atoms with van der Waals surface area (Å²) in [6, 6.07) is 6.70. The van der Waals surface area contributed by atoms with E-state index in [1.54, 1.807) is 12.1 Å². The highest BCUT2D eigenvalue weighted by atomic mass is 35.5. The third-order valence-electron chi connectivity index (χ3n) is 1.98. The predicted octanol–water partition coefficient (Wildman–Crippen LogP) is 3.23. The number of halogens is 2. The summed E-state index contributed by atoms with van der Waals surface area (Å²) < 4.78 is 12.9. The second-order valence-corrected chi connectivity index (χ2v) is 3.30. The first-order chi connectivity index (χ1) is 6.74. The molecule has 0 amide bonds. The molecule has 0 aliphatic rings. The van der Waals surface area contributed by atoms with Gasteiger partial charge in [0.1, 0.15) is 5.82 Å². The first-order valence-electron chi connectivity index (χ1n) is 4.48. The van der Waals surface area contributed by atoms with Crippen LogP contribution >= 0.6 is 11.6 Å². The van der Waals surface area contributed by atoms with Crippen molar-refractivity contribution in [1.29, 1.82) is 0 Å². The van der Waals surface area contributed by atoms with Gasteiger partial charge >= 0.3 is 0 Å². The molecule has 0 unspecified atom stereocenters. The molecule has 1 aromatic carbocycles. The van der Waals surface area contributed by atoms with Gasteiger partial charge in [0.25, 0.3) is 0 Å². The Bertz CT molecular complexity index is 312. The third-order valence-corrected chi connectivity index (χ3v) is 2.16. The van der Waals surface area contributed by atoms with Crippen molar-refractivity contribution in [2.45, 2.75) is 13.0 Å². The third kappa shape index (κ3) is 3.48. The van der Waals surface area contributed by atoms with E-state index in [2.05, 4.69) is 5.32 Å². The van der Waals surface area contributed by atoms with Crippen molar-refractivity contribution < 1.29 is 4.39 Å². The molecule has 1 atom stereocenters. The summed E-state index contributed by atoms with van der Waals surface area (Å²) >= 11 is 5.38. The van der Waals surface area contributed by atoms with Crippen LogP contribution in [0.25, 0.3) is 0 Å². The van der Waals surface area contributed by atoms with E-state index in [-0.39, 0.29) is 11.9 Å². The topological polar surface area (TPSA) is 12.0 Å². The van der Waals surface area contributed by atoms with Crippen molar-refractivity contribution in [1.82, 2.24) is 5.32 Å². The van der Waals surface area contributed by atoms with Crippen LogP contribution in [-0.4, -0.2) is 6.54 Å². The largest absolute Gasteiger partial charge is 0.307 e. The molecule has 3 heteroatoms. The molecule has 0 fully saturated rings. The number of nitrogens with one attached hydrogen (secondary N) is 1. The van der Waals surface area contributed by atoms with Gasteiger partial charge in [-0.3, -0.25) is 0 Å². The minimum absolute atomic E-state index is 0.124. The monoisotopic (exact) mass is 213 g/mol. The van der Waals surface area contributed by atoms with Gasteiger partial charge in [-0.25, -0.2) is 4.39 Å². The summed E-state index contributed by atoms with van der Waals surface area (Å²) in [5.74, 6) is -0.205. The second-order valence-electron chi connectivity index (χ2n) is 3.05. The molecule has 14 heavy (non-hydrogen) atoms. The SMILES string of the molecule is C[C@@H](NC/C=C/Cl)c1cccc(F)c1. The first kappa shape index (κ1) is 11.2. The summed E-state index contributed by atoms with van der Waals surface area (Å²) in [6.07, 6.45) is 1.80. The van der Waals surface area contributed by atoms with Crippen LogP contribution in [0.15, 0.2) is 35.9 Å². The molecule has 1 nitrogen and oxygen atoms in total. The van der Waals surface area contributed by atoms with Crippen LogP contribution in [0, 0.1) is 5.82 Å². The number of hydrogen-bond donors (Lipinski definition) is 1. The maximum absolute atomic E-state index is 12.9. The molecular formula is C11H13ClFN. The maximum Gasteiger partial charge on any atom is 0.123 e. The first-order valence-corrected chi connectivity index (χ1v) is 4.91. The standard InChI is InChI=1S/C11H13ClFN/c1-9(14-7-3-6-12)10-4-2-5-11(13)8-10/h2-6,8-9,14H,7H2,1H3/b6-3+/t9-/m1/s1. The molecule has 1 N–H and O–H groups in total. The lowest BCUT2D eigenvalue weighted by molar-refractivity contribution is 0.595. The fourth-order valence-electron chi connectivity index (χ4n) is 1.18. The van der Waals surface area contributed by atoms with E-state index >= 15 is 0 Å². The molecule has 0 aromatic heterocycles. The molecule has 76 valence electrons. The van der Waals surface area contributed by atoms with Crippen LogP contribution in [0.3, 0.4) is 0 Å². The average Bonchev–Trinajstić information content (AvgIpc) is 2.18. The summed E-state index contributed by atoms with van der Waals surface area (Å²) in [6.45, 7) is 2.66. The van der Waals surface area contributed by atoms with E-state index in [0.717, 1.165) is 5.56 Å². The number of hydrogen-bond acceptors (Lipinski definition) is 1. The lowest BCUT2D eigenvalue weighted by atomic mass is 10.1. The Hall–Kier alpha value is -0.860. The van der Waals surface area contributed by atoms with Gasteiger partial charge in [-0.15, -0.1) is 0 Å². The van der Waals surface area contributed by atoms with E-state index in [0.29, 0.717) is 6.54 Å². The summed E-state index contributed by atoms with van der Waals surface area (Å²) in [7, 11) is 0. The molecule has 0 saturated heterocycles.